The van der Waals surface area contributed by atoms with E-state index in [2.05, 4.69) is 10.3 Å². The SMILES string of the molecule is COc1cc(C(=O)Nc2ccc(C)cn2)cc(Cl)c1OCC(C)C. The number of pyridine rings is 1. The fourth-order valence-corrected chi connectivity index (χ4v) is 2.24. The summed E-state index contributed by atoms with van der Waals surface area (Å²) in [6.07, 6.45) is 1.69. The van der Waals surface area contributed by atoms with Gasteiger partial charge in [-0.25, -0.2) is 4.98 Å². The number of hydrogen-bond acceptors (Lipinski definition) is 4. The molecule has 1 amide bonds. The summed E-state index contributed by atoms with van der Waals surface area (Å²) >= 11 is 6.26. The molecule has 0 unspecified atom stereocenters. The van der Waals surface area contributed by atoms with Crippen molar-refractivity contribution in [3.05, 3.63) is 46.6 Å². The summed E-state index contributed by atoms with van der Waals surface area (Å²) in [5.74, 6) is 1.37. The molecule has 24 heavy (non-hydrogen) atoms. The topological polar surface area (TPSA) is 60.5 Å². The Morgan fingerprint density at radius 3 is 2.67 bits per heavy atom. The molecule has 5 nitrogen and oxygen atoms in total. The molecule has 0 bridgehead atoms. The predicted octanol–water partition coefficient (Wildman–Crippen LogP) is 4.34. The third-order valence-electron chi connectivity index (χ3n) is 3.21. The Balaban J connectivity index is 2.22. The van der Waals surface area contributed by atoms with Crippen molar-refractivity contribution in [2.75, 3.05) is 19.0 Å². The van der Waals surface area contributed by atoms with Crippen molar-refractivity contribution in [1.82, 2.24) is 4.98 Å². The molecule has 2 rings (SSSR count). The molecular formula is C18H21ClN2O3. The number of amides is 1. The second-order valence-electron chi connectivity index (χ2n) is 5.87. The summed E-state index contributed by atoms with van der Waals surface area (Å²) in [6, 6.07) is 6.78. The van der Waals surface area contributed by atoms with E-state index in [1.807, 2.05) is 26.8 Å². The summed E-state index contributed by atoms with van der Waals surface area (Å²) in [4.78, 5) is 16.5. The summed E-state index contributed by atoms with van der Waals surface area (Å²) in [5, 5.41) is 3.06. The van der Waals surface area contributed by atoms with Crippen molar-refractivity contribution in [3.8, 4) is 11.5 Å². The number of carbonyl (C=O) groups excluding carboxylic acids is 1. The molecule has 128 valence electrons. The number of nitrogens with zero attached hydrogens (tertiary/aromatic N) is 1. The number of nitrogens with one attached hydrogen (secondary N) is 1. The molecule has 0 atom stereocenters. The zero-order chi connectivity index (χ0) is 17.7. The van der Waals surface area contributed by atoms with Crippen LogP contribution in [0.25, 0.3) is 0 Å². The van der Waals surface area contributed by atoms with Gasteiger partial charge in [0.1, 0.15) is 5.82 Å². The van der Waals surface area contributed by atoms with Gasteiger partial charge < -0.3 is 14.8 Å². The van der Waals surface area contributed by atoms with Crippen LogP contribution in [0.15, 0.2) is 30.5 Å². The first-order valence-corrected chi connectivity index (χ1v) is 8.03. The van der Waals surface area contributed by atoms with Crippen molar-refractivity contribution in [1.29, 1.82) is 0 Å². The van der Waals surface area contributed by atoms with Crippen molar-refractivity contribution in [3.63, 3.8) is 0 Å². The first-order valence-electron chi connectivity index (χ1n) is 7.65. The first kappa shape index (κ1) is 18.1. The van der Waals surface area contributed by atoms with E-state index in [1.54, 1.807) is 24.4 Å². The molecule has 0 aliphatic carbocycles. The number of halogens is 1. The highest BCUT2D eigenvalue weighted by Crippen LogP contribution is 2.36. The molecule has 1 aromatic carbocycles. The number of aryl methyl sites for hydroxylation is 1. The second kappa shape index (κ2) is 8.02. The van der Waals surface area contributed by atoms with Gasteiger partial charge in [0, 0.05) is 11.8 Å². The number of aromatic nitrogens is 1. The average Bonchev–Trinajstić information content (AvgIpc) is 2.54. The van der Waals surface area contributed by atoms with E-state index in [4.69, 9.17) is 21.1 Å². The Hall–Kier alpha value is -2.27. The minimum Gasteiger partial charge on any atom is -0.493 e. The fourth-order valence-electron chi connectivity index (χ4n) is 1.97. The highest BCUT2D eigenvalue weighted by atomic mass is 35.5. The molecule has 0 radical (unpaired) electrons. The molecular weight excluding hydrogens is 328 g/mol. The number of ether oxygens (including phenoxy) is 2. The van der Waals surface area contributed by atoms with Gasteiger partial charge in [0.05, 0.1) is 18.7 Å². The Labute approximate surface area is 147 Å². The third-order valence-corrected chi connectivity index (χ3v) is 3.49. The lowest BCUT2D eigenvalue weighted by Gasteiger charge is -2.15. The smallest absolute Gasteiger partial charge is 0.257 e. The maximum atomic E-state index is 12.4. The van der Waals surface area contributed by atoms with Crippen LogP contribution in [-0.4, -0.2) is 24.6 Å². The number of methoxy groups -OCH3 is 1. The lowest BCUT2D eigenvalue weighted by atomic mass is 10.1. The molecule has 0 aliphatic heterocycles. The van der Waals surface area contributed by atoms with Crippen LogP contribution in [0.2, 0.25) is 5.02 Å². The third kappa shape index (κ3) is 4.61. The predicted molar refractivity (Wildman–Crippen MR) is 95.3 cm³/mol. The van der Waals surface area contributed by atoms with E-state index < -0.39 is 0 Å². The number of rotatable bonds is 6. The standard InChI is InChI=1S/C18H21ClN2O3/c1-11(2)10-24-17-14(19)7-13(8-15(17)23-4)18(22)21-16-6-5-12(3)9-20-16/h5-9,11H,10H2,1-4H3,(H,20,21,22). The van der Waals surface area contributed by atoms with E-state index in [-0.39, 0.29) is 5.91 Å². The van der Waals surface area contributed by atoms with Gasteiger partial charge in [-0.2, -0.15) is 0 Å². The van der Waals surface area contributed by atoms with Gasteiger partial charge in [-0.15, -0.1) is 0 Å². The van der Waals surface area contributed by atoms with E-state index in [0.717, 1.165) is 5.56 Å². The van der Waals surface area contributed by atoms with Crippen LogP contribution in [0, 0.1) is 12.8 Å². The lowest BCUT2D eigenvalue weighted by Crippen LogP contribution is -2.14. The molecule has 1 aromatic heterocycles. The molecule has 1 N–H and O–H groups in total. The molecule has 0 spiro atoms. The van der Waals surface area contributed by atoms with Gasteiger partial charge in [0.25, 0.3) is 5.91 Å². The van der Waals surface area contributed by atoms with E-state index in [0.29, 0.717) is 40.4 Å². The summed E-state index contributed by atoms with van der Waals surface area (Å²) in [6.45, 7) is 6.52. The van der Waals surface area contributed by atoms with Crippen LogP contribution in [0.5, 0.6) is 11.5 Å². The number of benzene rings is 1. The fraction of sp³-hybridized carbons (Fsp3) is 0.333. The Morgan fingerprint density at radius 1 is 1.33 bits per heavy atom. The maximum Gasteiger partial charge on any atom is 0.257 e. The Morgan fingerprint density at radius 2 is 2.08 bits per heavy atom. The van der Waals surface area contributed by atoms with E-state index in [9.17, 15) is 4.79 Å². The van der Waals surface area contributed by atoms with Crippen molar-refractivity contribution >= 4 is 23.3 Å². The van der Waals surface area contributed by atoms with Crippen LogP contribution in [0.3, 0.4) is 0 Å². The van der Waals surface area contributed by atoms with Gasteiger partial charge in [-0.1, -0.05) is 31.5 Å². The summed E-state index contributed by atoms with van der Waals surface area (Å²) < 4.78 is 11.0. The monoisotopic (exact) mass is 348 g/mol. The maximum absolute atomic E-state index is 12.4. The average molecular weight is 349 g/mol. The number of anilines is 1. The molecule has 0 saturated heterocycles. The lowest BCUT2D eigenvalue weighted by molar-refractivity contribution is 0.102. The molecule has 1 heterocycles. The highest BCUT2D eigenvalue weighted by molar-refractivity contribution is 6.32. The van der Waals surface area contributed by atoms with Crippen molar-refractivity contribution < 1.29 is 14.3 Å². The largest absolute Gasteiger partial charge is 0.493 e. The van der Waals surface area contributed by atoms with Gasteiger partial charge >= 0.3 is 0 Å². The van der Waals surface area contributed by atoms with Crippen LogP contribution in [-0.2, 0) is 0 Å². The van der Waals surface area contributed by atoms with E-state index >= 15 is 0 Å². The molecule has 0 saturated carbocycles. The minimum absolute atomic E-state index is 0.318. The van der Waals surface area contributed by atoms with Crippen molar-refractivity contribution in [2.24, 2.45) is 5.92 Å². The van der Waals surface area contributed by atoms with Gasteiger partial charge in [-0.3, -0.25) is 4.79 Å². The van der Waals surface area contributed by atoms with Crippen LogP contribution < -0.4 is 14.8 Å². The minimum atomic E-state index is -0.318. The number of carbonyl (C=O) groups is 1. The summed E-state index contributed by atoms with van der Waals surface area (Å²) in [5.41, 5.74) is 1.39. The quantitative estimate of drug-likeness (QED) is 0.843. The van der Waals surface area contributed by atoms with Crippen LogP contribution in [0.4, 0.5) is 5.82 Å². The highest BCUT2D eigenvalue weighted by Gasteiger charge is 2.16. The molecule has 0 fully saturated rings. The molecule has 2 aromatic rings. The van der Waals surface area contributed by atoms with Gasteiger partial charge in [0.2, 0.25) is 0 Å². The van der Waals surface area contributed by atoms with Gasteiger partial charge in [0.15, 0.2) is 11.5 Å². The zero-order valence-electron chi connectivity index (χ0n) is 14.2. The molecule has 0 aliphatic rings. The number of hydrogen-bond donors (Lipinski definition) is 1. The zero-order valence-corrected chi connectivity index (χ0v) is 15.0. The van der Waals surface area contributed by atoms with E-state index in [1.165, 1.54) is 7.11 Å². The first-order chi connectivity index (χ1) is 11.4. The van der Waals surface area contributed by atoms with Crippen LogP contribution >= 0.6 is 11.6 Å². The van der Waals surface area contributed by atoms with Crippen molar-refractivity contribution in [2.45, 2.75) is 20.8 Å². The Kier molecular flexibility index (Phi) is 6.04. The van der Waals surface area contributed by atoms with Gasteiger partial charge in [-0.05, 0) is 36.6 Å². The Bertz CT molecular complexity index is 715. The molecule has 6 heteroatoms. The van der Waals surface area contributed by atoms with Crippen LogP contribution in [0.1, 0.15) is 29.8 Å². The second-order valence-corrected chi connectivity index (χ2v) is 6.28. The normalized spacial score (nSPS) is 10.6. The summed E-state index contributed by atoms with van der Waals surface area (Å²) in [7, 11) is 1.51.